The second-order valence-electron chi connectivity index (χ2n) is 4.40. The maximum absolute atomic E-state index is 10.2. The number of pyridine rings is 1. The third kappa shape index (κ3) is 2.03. The van der Waals surface area contributed by atoms with Crippen molar-refractivity contribution in [2.24, 2.45) is 0 Å². The summed E-state index contributed by atoms with van der Waals surface area (Å²) in [5.74, 6) is 0. The molecule has 1 N–H and O–H groups in total. The molecular formula is C12H17NO2. The maximum atomic E-state index is 10.2. The molecule has 1 aromatic rings. The van der Waals surface area contributed by atoms with Gasteiger partial charge in [0.25, 0.3) is 0 Å². The molecule has 1 saturated heterocycles. The van der Waals surface area contributed by atoms with Crippen LogP contribution in [0.5, 0.6) is 0 Å². The van der Waals surface area contributed by atoms with Crippen molar-refractivity contribution in [3.63, 3.8) is 0 Å². The molecule has 15 heavy (non-hydrogen) atoms. The van der Waals surface area contributed by atoms with Crippen LogP contribution in [-0.4, -0.2) is 22.3 Å². The molecule has 1 aliphatic rings. The zero-order chi connectivity index (χ0) is 10.9. The highest BCUT2D eigenvalue weighted by Gasteiger charge is 2.38. The summed E-state index contributed by atoms with van der Waals surface area (Å²) in [5, 5.41) is 10.2. The number of hydrogen-bond acceptors (Lipinski definition) is 3. The van der Waals surface area contributed by atoms with Gasteiger partial charge in [-0.3, -0.25) is 4.98 Å². The van der Waals surface area contributed by atoms with Crippen molar-refractivity contribution < 1.29 is 9.84 Å². The normalized spacial score (nSPS) is 27.9. The monoisotopic (exact) mass is 207 g/mol. The number of aliphatic hydroxyl groups excluding tert-OH is 1. The van der Waals surface area contributed by atoms with Crippen LogP contribution in [0.2, 0.25) is 0 Å². The van der Waals surface area contributed by atoms with E-state index in [2.05, 4.69) is 4.98 Å². The van der Waals surface area contributed by atoms with Gasteiger partial charge in [-0.25, -0.2) is 0 Å². The quantitative estimate of drug-likeness (QED) is 0.806. The van der Waals surface area contributed by atoms with Gasteiger partial charge in [0.05, 0.1) is 5.60 Å². The Morgan fingerprint density at radius 2 is 2.33 bits per heavy atom. The van der Waals surface area contributed by atoms with Crippen molar-refractivity contribution in [2.45, 2.75) is 38.4 Å². The largest absolute Gasteiger partial charge is 0.385 e. The fraction of sp³-hybridized carbons (Fsp3) is 0.583. The SMILES string of the molecule is Cc1ccc(C(O)C2(C)CCCO2)cn1. The summed E-state index contributed by atoms with van der Waals surface area (Å²) in [7, 11) is 0. The number of nitrogens with zero attached hydrogens (tertiary/aromatic N) is 1. The van der Waals surface area contributed by atoms with Crippen LogP contribution in [0.4, 0.5) is 0 Å². The molecule has 0 amide bonds. The number of rotatable bonds is 2. The molecule has 3 nitrogen and oxygen atoms in total. The van der Waals surface area contributed by atoms with Crippen molar-refractivity contribution >= 4 is 0 Å². The molecule has 0 bridgehead atoms. The zero-order valence-corrected chi connectivity index (χ0v) is 9.23. The van der Waals surface area contributed by atoms with Gasteiger partial charge < -0.3 is 9.84 Å². The standard InChI is InChI=1S/C12H17NO2/c1-9-4-5-10(8-13-9)11(14)12(2)6-3-7-15-12/h4-5,8,11,14H,3,6-7H2,1-2H3. The van der Waals surface area contributed by atoms with Gasteiger partial charge in [-0.05, 0) is 32.8 Å². The van der Waals surface area contributed by atoms with E-state index in [-0.39, 0.29) is 0 Å². The van der Waals surface area contributed by atoms with Gasteiger partial charge in [0, 0.05) is 24.1 Å². The minimum atomic E-state index is -0.576. The number of aromatic nitrogens is 1. The number of hydrogen-bond donors (Lipinski definition) is 1. The summed E-state index contributed by atoms with van der Waals surface area (Å²) in [6.45, 7) is 4.64. The minimum Gasteiger partial charge on any atom is -0.385 e. The van der Waals surface area contributed by atoms with E-state index in [1.165, 1.54) is 0 Å². The Labute approximate surface area is 90.1 Å². The summed E-state index contributed by atoms with van der Waals surface area (Å²) in [6.07, 6.45) is 3.08. The van der Waals surface area contributed by atoms with Crippen molar-refractivity contribution in [1.82, 2.24) is 4.98 Å². The molecule has 2 atom stereocenters. The van der Waals surface area contributed by atoms with E-state index >= 15 is 0 Å². The number of ether oxygens (including phenoxy) is 1. The average molecular weight is 207 g/mol. The van der Waals surface area contributed by atoms with Crippen molar-refractivity contribution in [2.75, 3.05) is 6.61 Å². The Bertz CT molecular complexity index is 328. The lowest BCUT2D eigenvalue weighted by molar-refractivity contribution is -0.0797. The predicted molar refractivity (Wildman–Crippen MR) is 57.5 cm³/mol. The first-order valence-corrected chi connectivity index (χ1v) is 5.36. The summed E-state index contributed by atoms with van der Waals surface area (Å²) in [6, 6.07) is 3.83. The summed E-state index contributed by atoms with van der Waals surface area (Å²) in [4.78, 5) is 4.19. The van der Waals surface area contributed by atoms with Crippen LogP contribution in [-0.2, 0) is 4.74 Å². The fourth-order valence-corrected chi connectivity index (χ4v) is 2.01. The molecule has 0 spiro atoms. The second-order valence-corrected chi connectivity index (χ2v) is 4.40. The third-order valence-electron chi connectivity index (χ3n) is 3.08. The van der Waals surface area contributed by atoms with E-state index in [9.17, 15) is 5.11 Å². The Morgan fingerprint density at radius 1 is 1.53 bits per heavy atom. The molecule has 0 aliphatic carbocycles. The molecule has 82 valence electrons. The molecule has 2 heterocycles. The van der Waals surface area contributed by atoms with E-state index in [0.29, 0.717) is 0 Å². The van der Waals surface area contributed by atoms with Crippen LogP contribution in [0.15, 0.2) is 18.3 Å². The lowest BCUT2D eigenvalue weighted by atomic mass is 9.91. The molecule has 0 aromatic carbocycles. The number of aryl methyl sites for hydroxylation is 1. The van der Waals surface area contributed by atoms with Crippen LogP contribution in [0, 0.1) is 6.92 Å². The molecule has 1 aromatic heterocycles. The molecule has 0 radical (unpaired) electrons. The molecular weight excluding hydrogens is 190 g/mol. The van der Waals surface area contributed by atoms with E-state index < -0.39 is 11.7 Å². The lowest BCUT2D eigenvalue weighted by Crippen LogP contribution is -2.31. The molecule has 2 unspecified atom stereocenters. The first-order chi connectivity index (χ1) is 7.12. The third-order valence-corrected chi connectivity index (χ3v) is 3.08. The minimum absolute atomic E-state index is 0.434. The van der Waals surface area contributed by atoms with Crippen molar-refractivity contribution in [3.8, 4) is 0 Å². The van der Waals surface area contributed by atoms with Crippen molar-refractivity contribution in [1.29, 1.82) is 0 Å². The van der Waals surface area contributed by atoms with E-state index in [1.807, 2.05) is 26.0 Å². The van der Waals surface area contributed by atoms with Gasteiger partial charge in [0.2, 0.25) is 0 Å². The summed E-state index contributed by atoms with van der Waals surface area (Å²) < 4.78 is 5.61. The van der Waals surface area contributed by atoms with Crippen molar-refractivity contribution in [3.05, 3.63) is 29.6 Å². The molecule has 2 rings (SSSR count). The smallest absolute Gasteiger partial charge is 0.109 e. The average Bonchev–Trinajstić information content (AvgIpc) is 2.67. The first-order valence-electron chi connectivity index (χ1n) is 5.36. The highest BCUT2D eigenvalue weighted by molar-refractivity contribution is 5.19. The Morgan fingerprint density at radius 3 is 2.87 bits per heavy atom. The van der Waals surface area contributed by atoms with Crippen LogP contribution in [0.1, 0.15) is 37.1 Å². The molecule has 3 heteroatoms. The lowest BCUT2D eigenvalue weighted by Gasteiger charge is -2.29. The number of aliphatic hydroxyl groups is 1. The van der Waals surface area contributed by atoms with Gasteiger partial charge in [-0.2, -0.15) is 0 Å². The molecule has 0 saturated carbocycles. The van der Waals surface area contributed by atoms with Crippen LogP contribution in [0.3, 0.4) is 0 Å². The Hall–Kier alpha value is -0.930. The van der Waals surface area contributed by atoms with Gasteiger partial charge in [0.1, 0.15) is 6.10 Å². The van der Waals surface area contributed by atoms with Gasteiger partial charge in [0.15, 0.2) is 0 Å². The second kappa shape index (κ2) is 3.91. The van der Waals surface area contributed by atoms with Gasteiger partial charge in [-0.15, -0.1) is 0 Å². The van der Waals surface area contributed by atoms with Crippen LogP contribution in [0.25, 0.3) is 0 Å². The zero-order valence-electron chi connectivity index (χ0n) is 9.23. The van der Waals surface area contributed by atoms with Gasteiger partial charge in [-0.1, -0.05) is 6.07 Å². The fourth-order valence-electron chi connectivity index (χ4n) is 2.01. The van der Waals surface area contributed by atoms with Crippen LogP contribution >= 0.6 is 0 Å². The Kier molecular flexibility index (Phi) is 2.76. The van der Waals surface area contributed by atoms with Crippen LogP contribution < -0.4 is 0 Å². The molecule has 1 fully saturated rings. The highest BCUT2D eigenvalue weighted by Crippen LogP contribution is 2.36. The van der Waals surface area contributed by atoms with E-state index in [4.69, 9.17) is 4.74 Å². The predicted octanol–water partition coefficient (Wildman–Crippen LogP) is 1.99. The highest BCUT2D eigenvalue weighted by atomic mass is 16.5. The summed E-state index contributed by atoms with van der Waals surface area (Å²) >= 11 is 0. The van der Waals surface area contributed by atoms with E-state index in [1.54, 1.807) is 6.20 Å². The van der Waals surface area contributed by atoms with Gasteiger partial charge >= 0.3 is 0 Å². The van der Waals surface area contributed by atoms with E-state index in [0.717, 1.165) is 30.7 Å². The topological polar surface area (TPSA) is 42.4 Å². The Balaban J connectivity index is 2.19. The first kappa shape index (κ1) is 10.6. The molecule has 1 aliphatic heterocycles. The maximum Gasteiger partial charge on any atom is 0.109 e. The summed E-state index contributed by atoms with van der Waals surface area (Å²) in [5.41, 5.74) is 1.37.